The predicted molar refractivity (Wildman–Crippen MR) is 80.3 cm³/mol. The molecule has 0 bridgehead atoms. The third-order valence-corrected chi connectivity index (χ3v) is 4.86. The van der Waals surface area contributed by atoms with Crippen LogP contribution in [0.1, 0.15) is 58.8 Å². The van der Waals surface area contributed by atoms with Gasteiger partial charge >= 0.3 is 0 Å². The number of aliphatic hydroxyl groups excluding tert-OH is 1. The summed E-state index contributed by atoms with van der Waals surface area (Å²) in [6.07, 6.45) is 8.82. The Morgan fingerprint density at radius 3 is 2.42 bits per heavy atom. The van der Waals surface area contributed by atoms with Gasteiger partial charge in [0, 0.05) is 18.1 Å². The zero-order valence-electron chi connectivity index (χ0n) is 12.8. The average molecular weight is 268 g/mol. The molecule has 0 heterocycles. The van der Waals surface area contributed by atoms with Crippen molar-refractivity contribution in [2.75, 3.05) is 26.2 Å². The number of hydrogen-bond donors (Lipinski definition) is 2. The molecule has 3 nitrogen and oxygen atoms in total. The van der Waals surface area contributed by atoms with Gasteiger partial charge in [0.25, 0.3) is 0 Å². The van der Waals surface area contributed by atoms with Crippen molar-refractivity contribution in [3.63, 3.8) is 0 Å². The minimum atomic E-state index is -0.0137. The molecule has 2 aliphatic rings. The van der Waals surface area contributed by atoms with E-state index in [-0.39, 0.29) is 12.1 Å². The number of nitrogens with one attached hydrogen (secondary N) is 1. The monoisotopic (exact) mass is 268 g/mol. The first-order valence-corrected chi connectivity index (χ1v) is 8.32. The molecule has 3 heteroatoms. The van der Waals surface area contributed by atoms with E-state index < -0.39 is 0 Å². The summed E-state index contributed by atoms with van der Waals surface area (Å²) in [5.41, 5.74) is -0.0137. The topological polar surface area (TPSA) is 35.5 Å². The second-order valence-electron chi connectivity index (χ2n) is 6.65. The minimum Gasteiger partial charge on any atom is -0.394 e. The Balaban J connectivity index is 1.70. The van der Waals surface area contributed by atoms with Gasteiger partial charge in [0.05, 0.1) is 6.61 Å². The normalized spacial score (nSPS) is 22.7. The van der Waals surface area contributed by atoms with E-state index in [0.29, 0.717) is 6.04 Å². The van der Waals surface area contributed by atoms with Crippen molar-refractivity contribution in [3.05, 3.63) is 0 Å². The van der Waals surface area contributed by atoms with Crippen LogP contribution in [0.15, 0.2) is 0 Å². The fourth-order valence-electron chi connectivity index (χ4n) is 2.93. The minimum absolute atomic E-state index is 0.0137. The van der Waals surface area contributed by atoms with Crippen LogP contribution in [0.25, 0.3) is 0 Å². The van der Waals surface area contributed by atoms with E-state index in [9.17, 15) is 5.11 Å². The Hall–Kier alpha value is -0.120. The lowest BCUT2D eigenvalue weighted by Gasteiger charge is -2.33. The quantitative estimate of drug-likeness (QED) is 0.604. The molecule has 2 N–H and O–H groups in total. The summed E-state index contributed by atoms with van der Waals surface area (Å²) in [5, 5.41) is 13.4. The zero-order valence-corrected chi connectivity index (χ0v) is 12.8. The largest absolute Gasteiger partial charge is 0.394 e. The average Bonchev–Trinajstić information content (AvgIpc) is 3.32. The van der Waals surface area contributed by atoms with Gasteiger partial charge in [-0.05, 0) is 64.0 Å². The van der Waals surface area contributed by atoms with E-state index in [1.807, 2.05) is 0 Å². The Kier molecular flexibility index (Phi) is 5.67. The second kappa shape index (κ2) is 7.05. The summed E-state index contributed by atoms with van der Waals surface area (Å²) in [7, 11) is 0. The highest BCUT2D eigenvalue weighted by Gasteiger charge is 2.34. The molecule has 2 saturated carbocycles. The van der Waals surface area contributed by atoms with E-state index in [2.05, 4.69) is 24.1 Å². The molecule has 0 aliphatic heterocycles. The van der Waals surface area contributed by atoms with Crippen LogP contribution >= 0.6 is 0 Å². The fraction of sp³-hybridized carbons (Fsp3) is 1.00. The fourth-order valence-corrected chi connectivity index (χ4v) is 2.93. The van der Waals surface area contributed by atoms with Gasteiger partial charge in [-0.3, -0.25) is 0 Å². The van der Waals surface area contributed by atoms with E-state index >= 15 is 0 Å². The molecule has 0 radical (unpaired) electrons. The van der Waals surface area contributed by atoms with Gasteiger partial charge in [-0.1, -0.05) is 13.8 Å². The summed E-state index contributed by atoms with van der Waals surface area (Å²) in [5.74, 6) is 0.985. The summed E-state index contributed by atoms with van der Waals surface area (Å²) >= 11 is 0. The first-order chi connectivity index (χ1) is 9.21. The van der Waals surface area contributed by atoms with Crippen molar-refractivity contribution in [3.8, 4) is 0 Å². The molecule has 19 heavy (non-hydrogen) atoms. The van der Waals surface area contributed by atoms with Gasteiger partial charge in [-0.15, -0.1) is 0 Å². The maximum atomic E-state index is 9.75. The highest BCUT2D eigenvalue weighted by atomic mass is 16.3. The van der Waals surface area contributed by atoms with Crippen molar-refractivity contribution in [2.45, 2.75) is 70.4 Å². The van der Waals surface area contributed by atoms with Crippen LogP contribution in [0.4, 0.5) is 0 Å². The smallest absolute Gasteiger partial charge is 0.0613 e. The molecule has 0 aromatic rings. The highest BCUT2D eigenvalue weighted by Crippen LogP contribution is 2.30. The van der Waals surface area contributed by atoms with Crippen LogP contribution in [0.2, 0.25) is 0 Å². The summed E-state index contributed by atoms with van der Waals surface area (Å²) < 4.78 is 0. The van der Waals surface area contributed by atoms with Gasteiger partial charge in [0.2, 0.25) is 0 Å². The first kappa shape index (κ1) is 15.3. The van der Waals surface area contributed by atoms with E-state index in [1.54, 1.807) is 0 Å². The van der Waals surface area contributed by atoms with Crippen molar-refractivity contribution in [1.82, 2.24) is 10.2 Å². The third-order valence-electron chi connectivity index (χ3n) is 4.86. The van der Waals surface area contributed by atoms with Crippen LogP contribution in [0.5, 0.6) is 0 Å². The predicted octanol–water partition coefficient (Wildman–Crippen LogP) is 2.39. The molecule has 1 unspecified atom stereocenters. The Morgan fingerprint density at radius 2 is 1.95 bits per heavy atom. The summed E-state index contributed by atoms with van der Waals surface area (Å²) in [4.78, 5) is 2.59. The lowest BCUT2D eigenvalue weighted by molar-refractivity contribution is 0.136. The molecule has 112 valence electrons. The van der Waals surface area contributed by atoms with Crippen LogP contribution in [-0.4, -0.2) is 47.8 Å². The van der Waals surface area contributed by atoms with Crippen molar-refractivity contribution in [2.24, 2.45) is 5.92 Å². The number of rotatable bonds is 11. The summed E-state index contributed by atoms with van der Waals surface area (Å²) in [6, 6.07) is 0.681. The van der Waals surface area contributed by atoms with Crippen LogP contribution in [-0.2, 0) is 0 Å². The Labute approximate surface area is 118 Å². The molecular formula is C16H32N2O. The molecule has 0 saturated heterocycles. The van der Waals surface area contributed by atoms with E-state index in [1.165, 1.54) is 51.7 Å². The molecule has 2 aliphatic carbocycles. The van der Waals surface area contributed by atoms with E-state index in [4.69, 9.17) is 0 Å². The lowest BCUT2D eigenvalue weighted by Crippen LogP contribution is -2.49. The van der Waals surface area contributed by atoms with Gasteiger partial charge in [0.1, 0.15) is 0 Å². The van der Waals surface area contributed by atoms with Crippen molar-refractivity contribution in [1.29, 1.82) is 0 Å². The van der Waals surface area contributed by atoms with Crippen LogP contribution < -0.4 is 5.32 Å². The molecule has 2 fully saturated rings. The van der Waals surface area contributed by atoms with Crippen LogP contribution in [0.3, 0.4) is 0 Å². The van der Waals surface area contributed by atoms with Gasteiger partial charge < -0.3 is 15.3 Å². The zero-order chi connectivity index (χ0) is 13.7. The Morgan fingerprint density at radius 1 is 1.21 bits per heavy atom. The van der Waals surface area contributed by atoms with E-state index in [0.717, 1.165) is 18.8 Å². The Bertz CT molecular complexity index is 257. The van der Waals surface area contributed by atoms with Gasteiger partial charge in [-0.2, -0.15) is 0 Å². The molecule has 0 spiro atoms. The molecule has 0 aromatic heterocycles. The maximum absolute atomic E-state index is 9.75. The molecule has 1 atom stereocenters. The van der Waals surface area contributed by atoms with Crippen molar-refractivity contribution >= 4 is 0 Å². The third kappa shape index (κ3) is 5.05. The first-order valence-electron chi connectivity index (χ1n) is 8.32. The SMILES string of the molecule is CCN(CCCC(CC)(CO)NC1CC1)CC1CC1. The highest BCUT2D eigenvalue weighted by molar-refractivity contribution is 4.94. The number of hydrogen-bond acceptors (Lipinski definition) is 3. The van der Waals surface area contributed by atoms with Crippen LogP contribution in [0, 0.1) is 5.92 Å². The van der Waals surface area contributed by atoms with Crippen molar-refractivity contribution < 1.29 is 5.11 Å². The summed E-state index contributed by atoms with van der Waals surface area (Å²) in [6.45, 7) is 8.42. The standard InChI is InChI=1S/C16H32N2O/c1-3-16(13-19,17-15-8-9-15)10-5-11-18(4-2)12-14-6-7-14/h14-15,17,19H,3-13H2,1-2H3. The number of nitrogens with zero attached hydrogens (tertiary/aromatic N) is 1. The second-order valence-corrected chi connectivity index (χ2v) is 6.65. The van der Waals surface area contributed by atoms with Gasteiger partial charge in [-0.25, -0.2) is 0 Å². The molecule has 2 rings (SSSR count). The number of aliphatic hydroxyl groups is 1. The maximum Gasteiger partial charge on any atom is 0.0613 e. The molecule has 0 amide bonds. The van der Waals surface area contributed by atoms with Gasteiger partial charge in [0.15, 0.2) is 0 Å². The molecule has 0 aromatic carbocycles. The molecular weight excluding hydrogens is 236 g/mol. The lowest BCUT2D eigenvalue weighted by atomic mass is 9.91.